The van der Waals surface area contributed by atoms with Crippen LogP contribution in [0.2, 0.25) is 0 Å². The van der Waals surface area contributed by atoms with Crippen LogP contribution in [0.1, 0.15) is 25.3 Å². The smallest absolute Gasteiger partial charge is 0.122 e. The van der Waals surface area contributed by atoms with E-state index in [1.165, 1.54) is 5.56 Å². The highest BCUT2D eigenvalue weighted by Crippen LogP contribution is 2.21. The molecule has 0 aliphatic heterocycles. The van der Waals surface area contributed by atoms with E-state index in [1.807, 2.05) is 35.5 Å². The van der Waals surface area contributed by atoms with Crippen molar-refractivity contribution >= 4 is 12.4 Å². The zero-order valence-electron chi connectivity index (χ0n) is 14.8. The van der Waals surface area contributed by atoms with Crippen LogP contribution in [0.5, 0.6) is 5.75 Å². The molecule has 3 aromatic rings. The van der Waals surface area contributed by atoms with Crippen molar-refractivity contribution in [1.29, 1.82) is 0 Å². The number of rotatable bonds is 8. The number of hydrogen-bond donors (Lipinski definition) is 0. The van der Waals surface area contributed by atoms with Crippen LogP contribution in [0, 0.1) is 0 Å². The zero-order valence-corrected chi connectivity index (χ0v) is 15.6. The summed E-state index contributed by atoms with van der Waals surface area (Å²) in [6.07, 6.45) is 10.9. The van der Waals surface area contributed by atoms with E-state index >= 15 is 0 Å². The van der Waals surface area contributed by atoms with Crippen LogP contribution in [0.15, 0.2) is 49.2 Å². The number of methoxy groups -OCH3 is 1. The molecule has 3 rings (SSSR count). The van der Waals surface area contributed by atoms with Crippen molar-refractivity contribution in [3.8, 4) is 17.0 Å². The number of halogens is 1. The van der Waals surface area contributed by atoms with Gasteiger partial charge < -0.3 is 9.30 Å². The minimum Gasteiger partial charge on any atom is -0.496 e. The largest absolute Gasteiger partial charge is 0.496 e. The van der Waals surface area contributed by atoms with Crippen molar-refractivity contribution in [2.75, 3.05) is 7.11 Å². The number of nitrogens with zero attached hydrogens (tertiary/aromatic N) is 4. The zero-order chi connectivity index (χ0) is 16.8. The number of aromatic nitrogens is 4. The van der Waals surface area contributed by atoms with Crippen LogP contribution >= 0.6 is 12.4 Å². The van der Waals surface area contributed by atoms with Gasteiger partial charge >= 0.3 is 0 Å². The molecule has 0 saturated carbocycles. The molecular weight excluding hydrogens is 336 g/mol. The molecule has 0 fully saturated rings. The summed E-state index contributed by atoms with van der Waals surface area (Å²) in [6.45, 7) is 4.03. The number of hydrogen-bond acceptors (Lipinski definition) is 3. The van der Waals surface area contributed by atoms with Crippen molar-refractivity contribution in [1.82, 2.24) is 19.3 Å². The molecule has 5 nitrogen and oxygen atoms in total. The molecule has 25 heavy (non-hydrogen) atoms. The molecular formula is C19H25ClN4O. The van der Waals surface area contributed by atoms with E-state index in [0.29, 0.717) is 0 Å². The molecule has 0 atom stereocenters. The van der Waals surface area contributed by atoms with Gasteiger partial charge in [0.15, 0.2) is 0 Å². The van der Waals surface area contributed by atoms with Crippen LogP contribution in [0.3, 0.4) is 0 Å². The molecule has 0 spiro atoms. The molecule has 0 saturated heterocycles. The summed E-state index contributed by atoms with van der Waals surface area (Å²) in [4.78, 5) is 4.31. The average molecular weight is 361 g/mol. The van der Waals surface area contributed by atoms with Crippen molar-refractivity contribution in [2.24, 2.45) is 0 Å². The molecule has 0 radical (unpaired) electrons. The number of ether oxygens (including phenoxy) is 1. The first-order chi connectivity index (χ1) is 11.8. The summed E-state index contributed by atoms with van der Waals surface area (Å²) in [5, 5.41) is 4.41. The lowest BCUT2D eigenvalue weighted by Gasteiger charge is -2.09. The molecule has 1 aromatic carbocycles. The van der Waals surface area contributed by atoms with Crippen LogP contribution in [-0.2, 0) is 19.5 Å². The quantitative estimate of drug-likeness (QED) is 0.604. The molecule has 0 aliphatic rings. The Balaban J connectivity index is 0.00000225. The first kappa shape index (κ1) is 19.1. The Morgan fingerprint density at radius 1 is 1.12 bits per heavy atom. The minimum absolute atomic E-state index is 0. The summed E-state index contributed by atoms with van der Waals surface area (Å²) >= 11 is 0. The van der Waals surface area contributed by atoms with Gasteiger partial charge in [-0.25, -0.2) is 4.98 Å². The summed E-state index contributed by atoms with van der Waals surface area (Å²) in [6, 6.07) is 8.20. The highest BCUT2D eigenvalue weighted by Gasteiger charge is 2.08. The van der Waals surface area contributed by atoms with Gasteiger partial charge in [0.25, 0.3) is 0 Å². The lowest BCUT2D eigenvalue weighted by molar-refractivity contribution is 0.408. The van der Waals surface area contributed by atoms with Crippen LogP contribution in [0.25, 0.3) is 11.3 Å². The van der Waals surface area contributed by atoms with Crippen molar-refractivity contribution in [3.05, 3.63) is 54.7 Å². The van der Waals surface area contributed by atoms with E-state index in [1.54, 1.807) is 7.11 Å². The Morgan fingerprint density at radius 3 is 2.76 bits per heavy atom. The second-order valence-electron chi connectivity index (χ2n) is 5.88. The van der Waals surface area contributed by atoms with E-state index in [0.717, 1.165) is 49.4 Å². The fraction of sp³-hybridized carbons (Fsp3) is 0.368. The summed E-state index contributed by atoms with van der Waals surface area (Å²) in [7, 11) is 1.72. The number of benzene rings is 1. The fourth-order valence-corrected chi connectivity index (χ4v) is 2.94. The highest BCUT2D eigenvalue weighted by atomic mass is 35.5. The number of aryl methyl sites for hydroxylation is 3. The monoisotopic (exact) mass is 360 g/mol. The van der Waals surface area contributed by atoms with Crippen LogP contribution < -0.4 is 4.74 Å². The number of para-hydroxylation sites is 1. The highest BCUT2D eigenvalue weighted by molar-refractivity contribution is 5.85. The van der Waals surface area contributed by atoms with E-state index in [4.69, 9.17) is 4.74 Å². The molecule has 2 heterocycles. The topological polar surface area (TPSA) is 44.9 Å². The lowest BCUT2D eigenvalue weighted by atomic mass is 10.1. The third-order valence-electron chi connectivity index (χ3n) is 4.13. The maximum Gasteiger partial charge on any atom is 0.122 e. The maximum absolute atomic E-state index is 5.42. The molecule has 0 N–H and O–H groups in total. The van der Waals surface area contributed by atoms with Gasteiger partial charge in [-0.15, -0.1) is 12.4 Å². The van der Waals surface area contributed by atoms with Crippen molar-refractivity contribution in [2.45, 2.75) is 39.3 Å². The Labute approximate surface area is 155 Å². The second kappa shape index (κ2) is 9.28. The van der Waals surface area contributed by atoms with Gasteiger partial charge in [0.2, 0.25) is 0 Å². The first-order valence-electron chi connectivity index (χ1n) is 8.46. The van der Waals surface area contributed by atoms with E-state index in [2.05, 4.69) is 39.9 Å². The van der Waals surface area contributed by atoms with Gasteiger partial charge in [-0.3, -0.25) is 4.68 Å². The Kier molecular flexibility index (Phi) is 7.07. The van der Waals surface area contributed by atoms with E-state index in [9.17, 15) is 0 Å². The molecule has 2 aromatic heterocycles. The van der Waals surface area contributed by atoms with Crippen molar-refractivity contribution in [3.63, 3.8) is 0 Å². The van der Waals surface area contributed by atoms with Crippen LogP contribution in [-0.4, -0.2) is 26.4 Å². The van der Waals surface area contributed by atoms with E-state index in [-0.39, 0.29) is 12.4 Å². The SMILES string of the molecule is CCCn1cc(-c2cncn2CCCc2ccccc2OC)cn1.Cl. The van der Waals surface area contributed by atoms with Gasteiger partial charge in [-0.1, -0.05) is 25.1 Å². The predicted molar refractivity (Wildman–Crippen MR) is 102 cm³/mol. The van der Waals surface area contributed by atoms with Gasteiger partial charge in [0, 0.05) is 24.8 Å². The van der Waals surface area contributed by atoms with E-state index < -0.39 is 0 Å². The molecule has 134 valence electrons. The number of imidazole rings is 1. The van der Waals surface area contributed by atoms with Gasteiger partial charge in [0.1, 0.15) is 5.75 Å². The standard InChI is InChI=1S/C19H24N4O.ClH/c1-3-10-23-14-17(12-21-23)18-13-20-15-22(18)11-6-8-16-7-4-5-9-19(16)24-2;/h4-5,7,9,12-15H,3,6,8,10-11H2,1-2H3;1H. The fourth-order valence-electron chi connectivity index (χ4n) is 2.94. The molecule has 0 amide bonds. The Bertz CT molecular complexity index is 781. The normalized spacial score (nSPS) is 10.5. The minimum atomic E-state index is 0. The maximum atomic E-state index is 5.42. The third-order valence-corrected chi connectivity index (χ3v) is 4.13. The van der Waals surface area contributed by atoms with Crippen molar-refractivity contribution < 1.29 is 4.74 Å². The molecule has 0 unspecified atom stereocenters. The Hall–Kier alpha value is -2.27. The first-order valence-corrected chi connectivity index (χ1v) is 8.46. The average Bonchev–Trinajstić information content (AvgIpc) is 3.25. The summed E-state index contributed by atoms with van der Waals surface area (Å²) < 4.78 is 9.61. The second-order valence-corrected chi connectivity index (χ2v) is 5.88. The van der Waals surface area contributed by atoms with Gasteiger partial charge in [0.05, 0.1) is 31.5 Å². The molecule has 0 bridgehead atoms. The van der Waals surface area contributed by atoms with Gasteiger partial charge in [-0.2, -0.15) is 5.10 Å². The molecule has 0 aliphatic carbocycles. The Morgan fingerprint density at radius 2 is 1.96 bits per heavy atom. The molecule has 6 heteroatoms. The van der Waals surface area contributed by atoms with Crippen LogP contribution in [0.4, 0.5) is 0 Å². The summed E-state index contributed by atoms with van der Waals surface area (Å²) in [5.74, 6) is 0.962. The van der Waals surface area contributed by atoms with Gasteiger partial charge in [-0.05, 0) is 30.9 Å². The lowest BCUT2D eigenvalue weighted by Crippen LogP contribution is -2.01. The summed E-state index contributed by atoms with van der Waals surface area (Å²) in [5.41, 5.74) is 3.49. The third kappa shape index (κ3) is 4.63. The predicted octanol–water partition coefficient (Wildman–Crippen LogP) is 4.22.